The zero-order valence-corrected chi connectivity index (χ0v) is 24.7. The van der Waals surface area contributed by atoms with Crippen molar-refractivity contribution in [1.82, 2.24) is 15.0 Å². The fourth-order valence-corrected chi connectivity index (χ4v) is 4.77. The van der Waals surface area contributed by atoms with Gasteiger partial charge < -0.3 is 14.4 Å². The first-order valence-electron chi connectivity index (χ1n) is 12.9. The van der Waals surface area contributed by atoms with Crippen molar-refractivity contribution in [3.63, 3.8) is 0 Å². The summed E-state index contributed by atoms with van der Waals surface area (Å²) in [6.45, 7) is 4.17. The van der Waals surface area contributed by atoms with E-state index in [1.807, 2.05) is 72.8 Å². The predicted molar refractivity (Wildman–Crippen MR) is 157 cm³/mol. The molecule has 0 N–H and O–H groups in total. The van der Waals surface area contributed by atoms with Gasteiger partial charge in [-0.1, -0.05) is 47.3 Å². The SMILES string of the molecule is Cc1cccc(C)c1-c1ccc2c(n1)oc1c(-c3ccc(F)cn3)[c-]ccc12.[Ir].[c-]1ccccc1-c1ccccn1. The van der Waals surface area contributed by atoms with Crippen LogP contribution < -0.4 is 0 Å². The van der Waals surface area contributed by atoms with E-state index in [1.165, 1.54) is 23.4 Å². The number of rotatable bonds is 3. The van der Waals surface area contributed by atoms with E-state index in [-0.39, 0.29) is 25.9 Å². The molecular formula is C35H24FIrN3O-2. The van der Waals surface area contributed by atoms with Gasteiger partial charge in [-0.05, 0) is 60.6 Å². The third-order valence-electron chi connectivity index (χ3n) is 6.67. The predicted octanol–water partition coefficient (Wildman–Crippen LogP) is 8.81. The van der Waals surface area contributed by atoms with Crippen LogP contribution in [-0.4, -0.2) is 15.0 Å². The normalized spacial score (nSPS) is 10.6. The van der Waals surface area contributed by atoms with Gasteiger partial charge in [-0.3, -0.25) is 0 Å². The number of fused-ring (bicyclic) bond motifs is 3. The quantitative estimate of drug-likeness (QED) is 0.172. The van der Waals surface area contributed by atoms with Crippen LogP contribution in [0.1, 0.15) is 11.1 Å². The maximum atomic E-state index is 13.2. The third-order valence-corrected chi connectivity index (χ3v) is 6.67. The number of hydrogen-bond acceptors (Lipinski definition) is 4. The first kappa shape index (κ1) is 28.0. The molecule has 1 radical (unpaired) electrons. The second kappa shape index (κ2) is 12.3. The summed E-state index contributed by atoms with van der Waals surface area (Å²) in [5.74, 6) is -0.375. The van der Waals surface area contributed by atoms with Gasteiger partial charge in [0.2, 0.25) is 5.71 Å². The number of halogens is 1. The Hall–Kier alpha value is -4.51. The van der Waals surface area contributed by atoms with Crippen molar-refractivity contribution in [2.75, 3.05) is 0 Å². The molecule has 3 aromatic carbocycles. The smallest absolute Gasteiger partial charge is 0.216 e. The summed E-state index contributed by atoms with van der Waals surface area (Å²) in [6.07, 6.45) is 2.98. The van der Waals surface area contributed by atoms with Gasteiger partial charge in [0.15, 0.2) is 0 Å². The Morgan fingerprint density at radius 1 is 0.683 bits per heavy atom. The molecule has 0 bridgehead atoms. The van der Waals surface area contributed by atoms with E-state index in [2.05, 4.69) is 48.1 Å². The van der Waals surface area contributed by atoms with Gasteiger partial charge in [-0.15, -0.1) is 54.1 Å². The van der Waals surface area contributed by atoms with Crippen molar-refractivity contribution in [2.45, 2.75) is 13.8 Å². The van der Waals surface area contributed by atoms with Gasteiger partial charge in [-0.25, -0.2) is 9.37 Å². The van der Waals surface area contributed by atoms with Gasteiger partial charge in [0.25, 0.3) is 0 Å². The zero-order valence-electron chi connectivity index (χ0n) is 22.4. The van der Waals surface area contributed by atoms with Crippen LogP contribution in [-0.2, 0) is 20.1 Å². The van der Waals surface area contributed by atoms with Crippen LogP contribution >= 0.6 is 0 Å². The summed E-state index contributed by atoms with van der Waals surface area (Å²) >= 11 is 0. The number of aryl methyl sites for hydroxylation is 2. The molecule has 0 aliphatic carbocycles. The summed E-state index contributed by atoms with van der Waals surface area (Å²) in [5.41, 5.74) is 8.90. The van der Waals surface area contributed by atoms with Gasteiger partial charge in [0.05, 0.1) is 17.5 Å². The maximum Gasteiger partial charge on any atom is 0.216 e. The van der Waals surface area contributed by atoms with Crippen LogP contribution in [0, 0.1) is 31.8 Å². The molecule has 41 heavy (non-hydrogen) atoms. The van der Waals surface area contributed by atoms with Gasteiger partial charge >= 0.3 is 0 Å². The van der Waals surface area contributed by atoms with E-state index in [1.54, 1.807) is 12.3 Å². The molecule has 0 unspecified atom stereocenters. The van der Waals surface area contributed by atoms with Crippen molar-refractivity contribution in [1.29, 1.82) is 0 Å². The Kier molecular flexibility index (Phi) is 8.44. The number of aromatic nitrogens is 3. The molecule has 203 valence electrons. The summed E-state index contributed by atoms with van der Waals surface area (Å²) in [5, 5.41) is 1.87. The number of hydrogen-bond donors (Lipinski definition) is 0. The van der Waals surface area contributed by atoms with Crippen LogP contribution in [0.5, 0.6) is 0 Å². The van der Waals surface area contributed by atoms with E-state index in [0.29, 0.717) is 22.6 Å². The minimum atomic E-state index is -0.375. The molecule has 4 nitrogen and oxygen atoms in total. The Bertz CT molecular complexity index is 1860. The molecule has 6 heteroatoms. The molecule has 4 heterocycles. The largest absolute Gasteiger partial charge is 0.486 e. The molecule has 0 atom stereocenters. The molecule has 7 rings (SSSR count). The Morgan fingerprint density at radius 2 is 1.49 bits per heavy atom. The molecule has 0 saturated carbocycles. The monoisotopic (exact) mass is 714 g/mol. The minimum absolute atomic E-state index is 0. The molecule has 0 aliphatic heterocycles. The molecule has 0 aliphatic rings. The van der Waals surface area contributed by atoms with Gasteiger partial charge in [0.1, 0.15) is 5.82 Å². The van der Waals surface area contributed by atoms with Crippen molar-refractivity contribution in [3.8, 4) is 33.8 Å². The Morgan fingerprint density at radius 3 is 2.20 bits per heavy atom. The number of pyridine rings is 3. The van der Waals surface area contributed by atoms with Crippen molar-refractivity contribution >= 4 is 22.1 Å². The van der Waals surface area contributed by atoms with E-state index in [9.17, 15) is 4.39 Å². The van der Waals surface area contributed by atoms with Crippen LogP contribution in [0.15, 0.2) is 114 Å². The van der Waals surface area contributed by atoms with Gasteiger partial charge in [-0.2, -0.15) is 0 Å². The molecule has 0 fully saturated rings. The topological polar surface area (TPSA) is 51.8 Å². The summed E-state index contributed by atoms with van der Waals surface area (Å²) in [4.78, 5) is 13.2. The Balaban J connectivity index is 0.000000218. The van der Waals surface area contributed by atoms with Crippen LogP contribution in [0.3, 0.4) is 0 Å². The molecule has 7 aromatic rings. The fourth-order valence-electron chi connectivity index (χ4n) is 4.77. The summed E-state index contributed by atoms with van der Waals surface area (Å²) in [7, 11) is 0. The van der Waals surface area contributed by atoms with Crippen LogP contribution in [0.2, 0.25) is 0 Å². The maximum absolute atomic E-state index is 13.2. The molecule has 0 amide bonds. The van der Waals surface area contributed by atoms with E-state index < -0.39 is 0 Å². The number of furan rings is 1. The first-order valence-corrected chi connectivity index (χ1v) is 12.9. The van der Waals surface area contributed by atoms with Crippen LogP contribution in [0.4, 0.5) is 4.39 Å². The van der Waals surface area contributed by atoms with E-state index in [0.717, 1.165) is 33.3 Å². The first-order chi connectivity index (χ1) is 19.6. The van der Waals surface area contributed by atoms with Crippen LogP contribution in [0.25, 0.3) is 55.8 Å². The fraction of sp³-hybridized carbons (Fsp3) is 0.0571. The van der Waals surface area contributed by atoms with Crippen molar-refractivity contribution in [2.24, 2.45) is 0 Å². The Labute approximate surface area is 251 Å². The molecular weight excluding hydrogens is 690 g/mol. The van der Waals surface area contributed by atoms with E-state index >= 15 is 0 Å². The summed E-state index contributed by atoms with van der Waals surface area (Å²) < 4.78 is 19.4. The van der Waals surface area contributed by atoms with Crippen molar-refractivity contribution in [3.05, 3.63) is 139 Å². The second-order valence-electron chi connectivity index (χ2n) is 9.37. The second-order valence-corrected chi connectivity index (χ2v) is 9.37. The molecule has 4 aromatic heterocycles. The third kappa shape index (κ3) is 5.85. The average molecular weight is 714 g/mol. The molecule has 0 saturated heterocycles. The van der Waals surface area contributed by atoms with Gasteiger partial charge in [0, 0.05) is 37.3 Å². The minimum Gasteiger partial charge on any atom is -0.486 e. The van der Waals surface area contributed by atoms with Crippen molar-refractivity contribution < 1.29 is 28.9 Å². The van der Waals surface area contributed by atoms with E-state index in [4.69, 9.17) is 9.40 Å². The average Bonchev–Trinajstić information content (AvgIpc) is 3.37. The molecule has 0 spiro atoms. The number of benzene rings is 3. The standard InChI is InChI=1S/C24H16FN2O.C11H8N.Ir/c1-14-5-3-6-15(2)22(14)21-12-10-18-17-7-4-8-19(23(17)28-24(18)27-21)20-11-9-16(25)13-26-20;1-2-6-10(7-3-1)11-8-4-5-9-12-11;/h3-7,9-13H,1-2H3;1-6,8-9H;/q2*-1;. The zero-order chi connectivity index (χ0) is 27.5. The number of nitrogens with zero attached hydrogens (tertiary/aromatic N) is 3. The summed E-state index contributed by atoms with van der Waals surface area (Å²) in [6, 6.07) is 37.1.